The van der Waals surface area contributed by atoms with Gasteiger partial charge in [-0.2, -0.15) is 0 Å². The Hall–Kier alpha value is -2.14. The lowest BCUT2D eigenvalue weighted by Crippen LogP contribution is -2.15. The van der Waals surface area contributed by atoms with E-state index in [0.717, 1.165) is 35.0 Å². The van der Waals surface area contributed by atoms with Crippen LogP contribution in [0.25, 0.3) is 0 Å². The van der Waals surface area contributed by atoms with Crippen LogP contribution < -0.4 is 9.47 Å². The molecule has 0 bridgehead atoms. The van der Waals surface area contributed by atoms with Crippen LogP contribution in [0, 0.1) is 0 Å². The highest BCUT2D eigenvalue weighted by molar-refractivity contribution is 8.13. The van der Waals surface area contributed by atoms with Crippen LogP contribution in [-0.2, 0) is 0 Å². The van der Waals surface area contributed by atoms with Gasteiger partial charge in [0.25, 0.3) is 5.24 Å². The predicted octanol–water partition coefficient (Wildman–Crippen LogP) is 5.43. The molecule has 4 nitrogen and oxygen atoms in total. The SMILES string of the molecule is CCCCOc1cccc(Oc2ccc(SC(=O)N(C)C)cc2)c1. The summed E-state index contributed by atoms with van der Waals surface area (Å²) >= 11 is 1.19. The Labute approximate surface area is 147 Å². The molecule has 2 aromatic rings. The van der Waals surface area contributed by atoms with E-state index in [0.29, 0.717) is 6.61 Å². The van der Waals surface area contributed by atoms with E-state index in [1.807, 2.05) is 48.5 Å². The number of thioether (sulfide) groups is 1. The smallest absolute Gasteiger partial charge is 0.285 e. The van der Waals surface area contributed by atoms with E-state index in [2.05, 4.69) is 6.92 Å². The van der Waals surface area contributed by atoms with Gasteiger partial charge in [0.2, 0.25) is 0 Å². The second-order valence-electron chi connectivity index (χ2n) is 5.51. The molecule has 0 spiro atoms. The van der Waals surface area contributed by atoms with Crippen LogP contribution in [0.3, 0.4) is 0 Å². The standard InChI is InChI=1S/C19H23NO3S/c1-4-5-13-22-16-7-6-8-17(14-16)23-15-9-11-18(12-10-15)24-19(21)20(2)3/h6-12,14H,4-5,13H2,1-3H3. The monoisotopic (exact) mass is 345 g/mol. The molecule has 0 fully saturated rings. The van der Waals surface area contributed by atoms with Crippen LogP contribution in [-0.4, -0.2) is 30.8 Å². The Morgan fingerprint density at radius 1 is 1.04 bits per heavy atom. The zero-order chi connectivity index (χ0) is 17.4. The lowest BCUT2D eigenvalue weighted by Gasteiger charge is -2.11. The molecule has 0 atom stereocenters. The Morgan fingerprint density at radius 2 is 1.75 bits per heavy atom. The number of rotatable bonds is 7. The molecule has 2 aromatic carbocycles. The summed E-state index contributed by atoms with van der Waals surface area (Å²) in [6.45, 7) is 2.85. The summed E-state index contributed by atoms with van der Waals surface area (Å²) in [6, 6.07) is 15.1. The van der Waals surface area contributed by atoms with Crippen LogP contribution in [0.4, 0.5) is 4.79 Å². The first kappa shape index (κ1) is 18.2. The van der Waals surface area contributed by atoms with Crippen molar-refractivity contribution in [3.63, 3.8) is 0 Å². The van der Waals surface area contributed by atoms with Crippen molar-refractivity contribution in [2.45, 2.75) is 24.7 Å². The molecule has 0 heterocycles. The van der Waals surface area contributed by atoms with Crippen LogP contribution in [0.5, 0.6) is 17.2 Å². The first-order chi connectivity index (χ1) is 11.6. The Kier molecular flexibility index (Phi) is 7.00. The number of ether oxygens (including phenoxy) is 2. The third kappa shape index (κ3) is 5.81. The number of benzene rings is 2. The maximum atomic E-state index is 11.7. The zero-order valence-electron chi connectivity index (χ0n) is 14.3. The van der Waals surface area contributed by atoms with Crippen molar-refractivity contribution in [3.05, 3.63) is 48.5 Å². The van der Waals surface area contributed by atoms with E-state index >= 15 is 0 Å². The van der Waals surface area contributed by atoms with E-state index in [-0.39, 0.29) is 5.24 Å². The van der Waals surface area contributed by atoms with Gasteiger partial charge >= 0.3 is 0 Å². The van der Waals surface area contributed by atoms with Gasteiger partial charge < -0.3 is 14.4 Å². The van der Waals surface area contributed by atoms with Crippen molar-refractivity contribution < 1.29 is 14.3 Å². The van der Waals surface area contributed by atoms with Gasteiger partial charge in [0.1, 0.15) is 17.2 Å². The van der Waals surface area contributed by atoms with Crippen molar-refractivity contribution in [1.29, 1.82) is 0 Å². The summed E-state index contributed by atoms with van der Waals surface area (Å²) < 4.78 is 11.5. The summed E-state index contributed by atoms with van der Waals surface area (Å²) in [5.74, 6) is 2.26. The minimum Gasteiger partial charge on any atom is -0.493 e. The lowest BCUT2D eigenvalue weighted by molar-refractivity contribution is 0.241. The van der Waals surface area contributed by atoms with Gasteiger partial charge in [0, 0.05) is 25.1 Å². The number of carbonyl (C=O) groups excluding carboxylic acids is 1. The second kappa shape index (κ2) is 9.23. The Bertz CT molecular complexity index is 656. The van der Waals surface area contributed by atoms with Crippen molar-refractivity contribution in [3.8, 4) is 17.2 Å². The Morgan fingerprint density at radius 3 is 2.42 bits per heavy atom. The van der Waals surface area contributed by atoms with Crippen LogP contribution >= 0.6 is 11.8 Å². The minimum atomic E-state index is 0.000553. The van der Waals surface area contributed by atoms with Crippen molar-refractivity contribution in [2.75, 3.05) is 20.7 Å². The van der Waals surface area contributed by atoms with Crippen molar-refractivity contribution in [2.24, 2.45) is 0 Å². The summed E-state index contributed by atoms with van der Waals surface area (Å²) in [7, 11) is 3.48. The molecule has 0 aromatic heterocycles. The third-order valence-electron chi connectivity index (χ3n) is 3.20. The third-order valence-corrected chi connectivity index (χ3v) is 4.25. The number of carbonyl (C=O) groups is 1. The molecule has 0 aliphatic carbocycles. The van der Waals surface area contributed by atoms with Gasteiger partial charge in [0.15, 0.2) is 0 Å². The van der Waals surface area contributed by atoms with Crippen molar-refractivity contribution >= 4 is 17.0 Å². The predicted molar refractivity (Wildman–Crippen MR) is 98.3 cm³/mol. The molecule has 0 N–H and O–H groups in total. The molecule has 1 amide bonds. The summed E-state index contributed by atoms with van der Waals surface area (Å²) in [5.41, 5.74) is 0. The average molecular weight is 345 g/mol. The normalized spacial score (nSPS) is 10.3. The largest absolute Gasteiger partial charge is 0.493 e. The van der Waals surface area contributed by atoms with Gasteiger partial charge in [-0.15, -0.1) is 0 Å². The van der Waals surface area contributed by atoms with Gasteiger partial charge in [-0.3, -0.25) is 4.79 Å². The zero-order valence-corrected chi connectivity index (χ0v) is 15.1. The molecule has 0 aliphatic heterocycles. The van der Waals surface area contributed by atoms with E-state index < -0.39 is 0 Å². The van der Waals surface area contributed by atoms with Crippen LogP contribution in [0.1, 0.15) is 19.8 Å². The highest BCUT2D eigenvalue weighted by atomic mass is 32.2. The summed E-state index contributed by atoms with van der Waals surface area (Å²) in [6.07, 6.45) is 2.15. The van der Waals surface area contributed by atoms with Gasteiger partial charge in [0.05, 0.1) is 6.61 Å². The molecule has 0 aliphatic rings. The molecule has 0 unspecified atom stereocenters. The van der Waals surface area contributed by atoms with Crippen LogP contribution in [0.2, 0.25) is 0 Å². The first-order valence-electron chi connectivity index (χ1n) is 7.98. The summed E-state index contributed by atoms with van der Waals surface area (Å²) in [4.78, 5) is 14.1. The van der Waals surface area contributed by atoms with Gasteiger partial charge in [-0.05, 0) is 54.6 Å². The molecule has 0 saturated heterocycles. The highest BCUT2D eigenvalue weighted by Crippen LogP contribution is 2.28. The lowest BCUT2D eigenvalue weighted by atomic mass is 10.3. The number of unbranched alkanes of at least 4 members (excludes halogenated alkanes) is 1. The molecular weight excluding hydrogens is 322 g/mol. The van der Waals surface area contributed by atoms with E-state index in [9.17, 15) is 4.79 Å². The van der Waals surface area contributed by atoms with Crippen LogP contribution in [0.15, 0.2) is 53.4 Å². The van der Waals surface area contributed by atoms with Gasteiger partial charge in [-0.1, -0.05) is 19.4 Å². The first-order valence-corrected chi connectivity index (χ1v) is 8.80. The topological polar surface area (TPSA) is 38.8 Å². The number of nitrogens with zero attached hydrogens (tertiary/aromatic N) is 1. The Balaban J connectivity index is 1.96. The van der Waals surface area contributed by atoms with E-state index in [1.165, 1.54) is 11.8 Å². The molecule has 24 heavy (non-hydrogen) atoms. The fourth-order valence-corrected chi connectivity index (χ4v) is 2.52. The molecule has 0 saturated carbocycles. The maximum absolute atomic E-state index is 11.7. The highest BCUT2D eigenvalue weighted by Gasteiger charge is 2.07. The second-order valence-corrected chi connectivity index (χ2v) is 6.54. The molecule has 0 radical (unpaired) electrons. The van der Waals surface area contributed by atoms with Gasteiger partial charge in [-0.25, -0.2) is 0 Å². The molecular formula is C19H23NO3S. The average Bonchev–Trinajstić information content (AvgIpc) is 2.57. The molecule has 128 valence electrons. The minimum absolute atomic E-state index is 0.000553. The molecule has 2 rings (SSSR count). The number of amides is 1. The number of hydrogen-bond acceptors (Lipinski definition) is 4. The quantitative estimate of drug-likeness (QED) is 0.495. The maximum Gasteiger partial charge on any atom is 0.285 e. The van der Waals surface area contributed by atoms with E-state index in [4.69, 9.17) is 9.47 Å². The summed E-state index contributed by atoms with van der Waals surface area (Å²) in [5, 5.41) is 0.000553. The fraction of sp³-hybridized carbons (Fsp3) is 0.316. The number of hydrogen-bond donors (Lipinski definition) is 0. The molecule has 5 heteroatoms. The fourth-order valence-electron chi connectivity index (χ4n) is 1.87. The van der Waals surface area contributed by atoms with E-state index in [1.54, 1.807) is 19.0 Å². The van der Waals surface area contributed by atoms with Crippen molar-refractivity contribution in [1.82, 2.24) is 4.90 Å².